The first-order chi connectivity index (χ1) is 9.19. The van der Waals surface area contributed by atoms with Gasteiger partial charge in [-0.2, -0.15) is 0 Å². The van der Waals surface area contributed by atoms with Crippen molar-refractivity contribution in [2.24, 2.45) is 0 Å². The van der Waals surface area contributed by atoms with Gasteiger partial charge in [-0.05, 0) is 36.8 Å². The summed E-state index contributed by atoms with van der Waals surface area (Å²) in [5, 5.41) is 0. The lowest BCUT2D eigenvalue weighted by atomic mass is 10.2. The fourth-order valence-electron chi connectivity index (χ4n) is 2.08. The molecule has 96 valence electrons. The summed E-state index contributed by atoms with van der Waals surface area (Å²) >= 11 is 0. The summed E-state index contributed by atoms with van der Waals surface area (Å²) in [5.41, 5.74) is 10.0. The minimum absolute atomic E-state index is 0.568. The second kappa shape index (κ2) is 4.31. The van der Waals surface area contributed by atoms with E-state index < -0.39 is 0 Å². The topological polar surface area (TPSA) is 61.3 Å². The van der Waals surface area contributed by atoms with Gasteiger partial charge in [0.2, 0.25) is 5.89 Å². The maximum Gasteiger partial charge on any atom is 0.227 e. The standard InChI is InChI=1S/C15H14N2O2/c1-9-4-3-5-12-14(9)19-15(17-12)10-6-7-13(18-2)11(16)8-10/h3-8H,16H2,1-2H3. The summed E-state index contributed by atoms with van der Waals surface area (Å²) in [7, 11) is 1.59. The number of fused-ring (bicyclic) bond motifs is 1. The average molecular weight is 254 g/mol. The Kier molecular flexibility index (Phi) is 2.63. The summed E-state index contributed by atoms with van der Waals surface area (Å²) in [4.78, 5) is 4.48. The third kappa shape index (κ3) is 1.91. The summed E-state index contributed by atoms with van der Waals surface area (Å²) in [6.45, 7) is 2.00. The van der Waals surface area contributed by atoms with Crippen molar-refractivity contribution >= 4 is 16.8 Å². The third-order valence-electron chi connectivity index (χ3n) is 3.09. The molecule has 0 saturated carbocycles. The predicted octanol–water partition coefficient (Wildman–Crippen LogP) is 3.39. The Morgan fingerprint density at radius 1 is 1.21 bits per heavy atom. The summed E-state index contributed by atoms with van der Waals surface area (Å²) in [6, 6.07) is 11.4. The number of nitrogen functional groups attached to an aromatic ring is 1. The maximum atomic E-state index is 5.90. The van der Waals surface area contributed by atoms with Gasteiger partial charge in [0.1, 0.15) is 11.3 Å². The van der Waals surface area contributed by atoms with Gasteiger partial charge in [0.05, 0.1) is 12.8 Å². The number of hydrogen-bond acceptors (Lipinski definition) is 4. The van der Waals surface area contributed by atoms with Crippen molar-refractivity contribution in [1.29, 1.82) is 0 Å². The highest BCUT2D eigenvalue weighted by Crippen LogP contribution is 2.30. The van der Waals surface area contributed by atoms with Crippen molar-refractivity contribution in [3.8, 4) is 17.2 Å². The van der Waals surface area contributed by atoms with Crippen LogP contribution in [-0.2, 0) is 0 Å². The van der Waals surface area contributed by atoms with E-state index >= 15 is 0 Å². The Balaban J connectivity index is 2.14. The number of oxazole rings is 1. The average Bonchev–Trinajstić information content (AvgIpc) is 2.84. The number of para-hydroxylation sites is 1. The molecule has 3 aromatic rings. The van der Waals surface area contributed by atoms with Crippen molar-refractivity contribution in [3.63, 3.8) is 0 Å². The Morgan fingerprint density at radius 2 is 2.05 bits per heavy atom. The van der Waals surface area contributed by atoms with Crippen LogP contribution in [0.5, 0.6) is 5.75 Å². The summed E-state index contributed by atoms with van der Waals surface area (Å²) < 4.78 is 10.9. The van der Waals surface area contributed by atoms with E-state index in [2.05, 4.69) is 4.98 Å². The van der Waals surface area contributed by atoms with Gasteiger partial charge < -0.3 is 14.9 Å². The molecule has 4 nitrogen and oxygen atoms in total. The number of nitrogens with two attached hydrogens (primary N) is 1. The molecule has 2 aromatic carbocycles. The predicted molar refractivity (Wildman–Crippen MR) is 75.1 cm³/mol. The Hall–Kier alpha value is -2.49. The lowest BCUT2D eigenvalue weighted by Crippen LogP contribution is -1.92. The maximum absolute atomic E-state index is 5.90. The molecule has 3 rings (SSSR count). The van der Waals surface area contributed by atoms with Gasteiger partial charge >= 0.3 is 0 Å². The third-order valence-corrected chi connectivity index (χ3v) is 3.09. The zero-order chi connectivity index (χ0) is 13.4. The lowest BCUT2D eigenvalue weighted by molar-refractivity contribution is 0.417. The van der Waals surface area contributed by atoms with Crippen LogP contribution >= 0.6 is 0 Å². The van der Waals surface area contributed by atoms with E-state index in [4.69, 9.17) is 14.9 Å². The van der Waals surface area contributed by atoms with Crippen molar-refractivity contribution in [3.05, 3.63) is 42.0 Å². The number of ether oxygens (including phenoxy) is 1. The Morgan fingerprint density at radius 3 is 2.74 bits per heavy atom. The number of anilines is 1. The van der Waals surface area contributed by atoms with Crippen molar-refractivity contribution in [2.75, 3.05) is 12.8 Å². The van der Waals surface area contributed by atoms with Gasteiger partial charge in [0.15, 0.2) is 5.58 Å². The molecular formula is C15H14N2O2. The van der Waals surface area contributed by atoms with E-state index in [9.17, 15) is 0 Å². The van der Waals surface area contributed by atoms with Crippen molar-refractivity contribution in [2.45, 2.75) is 6.92 Å². The van der Waals surface area contributed by atoms with Gasteiger partial charge in [-0.3, -0.25) is 0 Å². The highest BCUT2D eigenvalue weighted by molar-refractivity contribution is 5.79. The zero-order valence-electron chi connectivity index (χ0n) is 10.8. The molecule has 0 amide bonds. The van der Waals surface area contributed by atoms with Crippen LogP contribution in [0.4, 0.5) is 5.69 Å². The first kappa shape index (κ1) is 11.6. The minimum atomic E-state index is 0.568. The van der Waals surface area contributed by atoms with Crippen LogP contribution in [0.15, 0.2) is 40.8 Å². The molecule has 0 aliphatic rings. The quantitative estimate of drug-likeness (QED) is 0.712. The highest BCUT2D eigenvalue weighted by Gasteiger charge is 2.11. The van der Waals surface area contributed by atoms with Crippen molar-refractivity contribution in [1.82, 2.24) is 4.98 Å². The Labute approximate surface area is 110 Å². The first-order valence-corrected chi connectivity index (χ1v) is 5.99. The number of hydrogen-bond donors (Lipinski definition) is 1. The number of nitrogens with zero attached hydrogens (tertiary/aromatic N) is 1. The van der Waals surface area contributed by atoms with E-state index in [1.165, 1.54) is 0 Å². The van der Waals surface area contributed by atoms with Crippen molar-refractivity contribution < 1.29 is 9.15 Å². The first-order valence-electron chi connectivity index (χ1n) is 5.99. The molecular weight excluding hydrogens is 240 g/mol. The molecule has 0 bridgehead atoms. The largest absolute Gasteiger partial charge is 0.495 e. The van der Waals surface area contributed by atoms with Crippen LogP contribution in [0.1, 0.15) is 5.56 Å². The van der Waals surface area contributed by atoms with Crippen LogP contribution < -0.4 is 10.5 Å². The highest BCUT2D eigenvalue weighted by atomic mass is 16.5. The molecule has 4 heteroatoms. The molecule has 0 atom stereocenters. The SMILES string of the molecule is COc1ccc(-c2nc3cccc(C)c3o2)cc1N. The molecule has 2 N–H and O–H groups in total. The van der Waals surface area contributed by atoms with Gasteiger partial charge in [-0.15, -0.1) is 0 Å². The number of rotatable bonds is 2. The van der Waals surface area contributed by atoms with Gasteiger partial charge in [0.25, 0.3) is 0 Å². The Bertz CT molecular complexity index is 747. The molecule has 0 fully saturated rings. The molecule has 19 heavy (non-hydrogen) atoms. The van der Waals surface area contributed by atoms with E-state index in [0.29, 0.717) is 17.3 Å². The number of methoxy groups -OCH3 is 1. The molecule has 0 radical (unpaired) electrons. The van der Waals surface area contributed by atoms with E-state index in [1.807, 2.05) is 37.3 Å². The molecule has 0 unspecified atom stereocenters. The van der Waals surface area contributed by atoms with Crippen LogP contribution in [0.3, 0.4) is 0 Å². The zero-order valence-corrected chi connectivity index (χ0v) is 10.8. The monoisotopic (exact) mass is 254 g/mol. The second-order valence-electron chi connectivity index (χ2n) is 4.40. The number of benzene rings is 2. The smallest absolute Gasteiger partial charge is 0.227 e. The summed E-state index contributed by atoms with van der Waals surface area (Å²) in [5.74, 6) is 1.22. The van der Waals surface area contributed by atoms with Crippen LogP contribution in [0.25, 0.3) is 22.6 Å². The molecule has 0 aliphatic heterocycles. The van der Waals surface area contributed by atoms with E-state index in [-0.39, 0.29) is 0 Å². The molecule has 0 aliphatic carbocycles. The molecule has 1 aromatic heterocycles. The van der Waals surface area contributed by atoms with E-state index in [0.717, 1.165) is 22.2 Å². The van der Waals surface area contributed by atoms with Crippen LogP contribution in [-0.4, -0.2) is 12.1 Å². The normalized spacial score (nSPS) is 10.8. The number of aromatic nitrogens is 1. The molecule has 1 heterocycles. The van der Waals surface area contributed by atoms with Crippen LogP contribution in [0.2, 0.25) is 0 Å². The van der Waals surface area contributed by atoms with E-state index in [1.54, 1.807) is 13.2 Å². The van der Waals surface area contributed by atoms with Gasteiger partial charge in [-0.1, -0.05) is 12.1 Å². The fraction of sp³-hybridized carbons (Fsp3) is 0.133. The minimum Gasteiger partial charge on any atom is -0.495 e. The van der Waals surface area contributed by atoms with Gasteiger partial charge in [-0.25, -0.2) is 4.98 Å². The van der Waals surface area contributed by atoms with Gasteiger partial charge in [0, 0.05) is 5.56 Å². The van der Waals surface area contributed by atoms with Crippen LogP contribution in [0, 0.1) is 6.92 Å². The number of aryl methyl sites for hydroxylation is 1. The lowest BCUT2D eigenvalue weighted by Gasteiger charge is -2.04. The second-order valence-corrected chi connectivity index (χ2v) is 4.40. The summed E-state index contributed by atoms with van der Waals surface area (Å²) in [6.07, 6.45) is 0. The fourth-order valence-corrected chi connectivity index (χ4v) is 2.08. The molecule has 0 spiro atoms. The molecule has 0 saturated heterocycles.